The van der Waals surface area contributed by atoms with Gasteiger partial charge in [-0.3, -0.25) is 0 Å². The van der Waals surface area contributed by atoms with Gasteiger partial charge in [0.1, 0.15) is 0 Å². The zero-order valence-electron chi connectivity index (χ0n) is 15.5. The molecular formula is C18H24N6O2S2. The van der Waals surface area contributed by atoms with E-state index in [4.69, 9.17) is 12.2 Å². The van der Waals surface area contributed by atoms with Crippen molar-refractivity contribution in [3.8, 4) is 0 Å². The van der Waals surface area contributed by atoms with Crippen molar-refractivity contribution in [1.82, 2.24) is 20.2 Å². The Morgan fingerprint density at radius 3 is 2.43 bits per heavy atom. The number of hydrogen-bond acceptors (Lipinski definition) is 6. The highest BCUT2D eigenvalue weighted by atomic mass is 32.2. The van der Waals surface area contributed by atoms with Crippen LogP contribution in [-0.4, -0.2) is 54.6 Å². The van der Waals surface area contributed by atoms with Crippen molar-refractivity contribution in [3.63, 3.8) is 0 Å². The molecule has 1 aromatic carbocycles. The lowest BCUT2D eigenvalue weighted by Gasteiger charge is -2.26. The van der Waals surface area contributed by atoms with Crippen LogP contribution in [0.2, 0.25) is 0 Å². The van der Waals surface area contributed by atoms with Crippen LogP contribution in [0.25, 0.3) is 0 Å². The molecule has 1 fully saturated rings. The number of thiocarbonyl (C=S) groups is 1. The zero-order valence-corrected chi connectivity index (χ0v) is 17.1. The predicted molar refractivity (Wildman–Crippen MR) is 114 cm³/mol. The number of anilines is 2. The minimum Gasteiger partial charge on any atom is -0.361 e. The quantitative estimate of drug-likeness (QED) is 0.586. The molecule has 0 unspecified atom stereocenters. The molecule has 0 atom stereocenters. The van der Waals surface area contributed by atoms with Gasteiger partial charge in [-0.2, -0.15) is 0 Å². The SMILES string of the molecule is O=S(=O)(Nc1ncccn1)c1ccc(NC(=S)NCCN2CCCCC2)cc1. The average Bonchev–Trinajstić information content (AvgIpc) is 2.70. The topological polar surface area (TPSA) is 99.2 Å². The van der Waals surface area contributed by atoms with Crippen molar-refractivity contribution in [2.24, 2.45) is 0 Å². The second-order valence-corrected chi connectivity index (χ2v) is 8.58. The van der Waals surface area contributed by atoms with Crippen molar-refractivity contribution in [2.45, 2.75) is 24.2 Å². The fourth-order valence-corrected chi connectivity index (χ4v) is 4.11. The van der Waals surface area contributed by atoms with Crippen LogP contribution in [0.15, 0.2) is 47.6 Å². The van der Waals surface area contributed by atoms with Gasteiger partial charge in [-0.15, -0.1) is 0 Å². The number of benzene rings is 1. The molecule has 0 amide bonds. The third-order valence-corrected chi connectivity index (χ3v) is 5.97. The van der Waals surface area contributed by atoms with E-state index in [1.54, 1.807) is 18.2 Å². The van der Waals surface area contributed by atoms with Crippen molar-refractivity contribution in [1.29, 1.82) is 0 Å². The zero-order chi connectivity index (χ0) is 19.8. The van der Waals surface area contributed by atoms with E-state index in [9.17, 15) is 8.42 Å². The number of nitrogens with one attached hydrogen (secondary N) is 3. The number of sulfonamides is 1. The Labute approximate surface area is 170 Å². The summed E-state index contributed by atoms with van der Waals surface area (Å²) in [7, 11) is -3.74. The van der Waals surface area contributed by atoms with E-state index < -0.39 is 10.0 Å². The van der Waals surface area contributed by atoms with Gasteiger partial charge in [0.25, 0.3) is 10.0 Å². The summed E-state index contributed by atoms with van der Waals surface area (Å²) >= 11 is 5.31. The van der Waals surface area contributed by atoms with Crippen LogP contribution in [0.3, 0.4) is 0 Å². The van der Waals surface area contributed by atoms with Gasteiger partial charge in [0.2, 0.25) is 5.95 Å². The first-order chi connectivity index (χ1) is 13.5. The maximum absolute atomic E-state index is 12.4. The monoisotopic (exact) mass is 420 g/mol. The van der Waals surface area contributed by atoms with Crippen LogP contribution >= 0.6 is 12.2 Å². The highest BCUT2D eigenvalue weighted by Gasteiger charge is 2.15. The molecule has 2 aromatic rings. The Balaban J connectivity index is 1.48. The minimum atomic E-state index is -3.74. The van der Waals surface area contributed by atoms with Gasteiger partial charge in [-0.05, 0) is 68.5 Å². The third kappa shape index (κ3) is 6.11. The second-order valence-electron chi connectivity index (χ2n) is 6.49. The molecule has 1 aromatic heterocycles. The molecule has 2 heterocycles. The normalized spacial score (nSPS) is 15.0. The molecular weight excluding hydrogens is 396 g/mol. The largest absolute Gasteiger partial charge is 0.361 e. The van der Waals surface area contributed by atoms with Crippen molar-refractivity contribution >= 4 is 39.0 Å². The molecule has 1 aliphatic rings. The van der Waals surface area contributed by atoms with Gasteiger partial charge in [0.05, 0.1) is 4.90 Å². The van der Waals surface area contributed by atoms with Gasteiger partial charge in [-0.25, -0.2) is 23.1 Å². The molecule has 0 aliphatic carbocycles. The Hall–Kier alpha value is -2.30. The van der Waals surface area contributed by atoms with Crippen LogP contribution in [0.4, 0.5) is 11.6 Å². The van der Waals surface area contributed by atoms with Gasteiger partial charge in [0, 0.05) is 31.2 Å². The lowest BCUT2D eigenvalue weighted by Crippen LogP contribution is -2.39. The van der Waals surface area contributed by atoms with Gasteiger partial charge >= 0.3 is 0 Å². The first-order valence-electron chi connectivity index (χ1n) is 9.20. The summed E-state index contributed by atoms with van der Waals surface area (Å²) < 4.78 is 27.1. The summed E-state index contributed by atoms with van der Waals surface area (Å²) in [4.78, 5) is 10.3. The molecule has 0 radical (unpaired) electrons. The fourth-order valence-electron chi connectivity index (χ4n) is 2.93. The first kappa shape index (κ1) is 20.4. The highest BCUT2D eigenvalue weighted by Crippen LogP contribution is 2.16. The molecule has 8 nitrogen and oxygen atoms in total. The summed E-state index contributed by atoms with van der Waals surface area (Å²) in [5.41, 5.74) is 0.713. The summed E-state index contributed by atoms with van der Waals surface area (Å²) in [6, 6.07) is 7.95. The van der Waals surface area contributed by atoms with E-state index in [-0.39, 0.29) is 10.8 Å². The Morgan fingerprint density at radius 1 is 1.07 bits per heavy atom. The smallest absolute Gasteiger partial charge is 0.264 e. The third-order valence-electron chi connectivity index (χ3n) is 4.38. The highest BCUT2D eigenvalue weighted by molar-refractivity contribution is 7.92. The van der Waals surface area contributed by atoms with Crippen LogP contribution < -0.4 is 15.4 Å². The molecule has 1 aliphatic heterocycles. The van der Waals surface area contributed by atoms with E-state index in [1.807, 2.05) is 0 Å². The summed E-state index contributed by atoms with van der Waals surface area (Å²) in [6.07, 6.45) is 6.80. The summed E-state index contributed by atoms with van der Waals surface area (Å²) in [5, 5.41) is 6.77. The fraction of sp³-hybridized carbons (Fsp3) is 0.389. The molecule has 3 N–H and O–H groups in total. The number of nitrogens with zero attached hydrogens (tertiary/aromatic N) is 3. The van der Waals surface area contributed by atoms with E-state index in [2.05, 4.69) is 30.2 Å². The summed E-state index contributed by atoms with van der Waals surface area (Å²) in [6.45, 7) is 4.05. The van der Waals surface area contributed by atoms with Crippen molar-refractivity contribution in [2.75, 3.05) is 36.2 Å². The van der Waals surface area contributed by atoms with E-state index in [0.29, 0.717) is 10.8 Å². The van der Waals surface area contributed by atoms with Gasteiger partial charge in [0.15, 0.2) is 5.11 Å². The van der Waals surface area contributed by atoms with Gasteiger partial charge < -0.3 is 15.5 Å². The molecule has 0 spiro atoms. The number of rotatable bonds is 7. The molecule has 0 saturated carbocycles. The van der Waals surface area contributed by atoms with Crippen LogP contribution in [0.5, 0.6) is 0 Å². The van der Waals surface area contributed by atoms with Crippen molar-refractivity contribution in [3.05, 3.63) is 42.7 Å². The number of hydrogen-bond donors (Lipinski definition) is 3. The molecule has 3 rings (SSSR count). The maximum Gasteiger partial charge on any atom is 0.264 e. The number of piperidine rings is 1. The predicted octanol–water partition coefficient (Wildman–Crippen LogP) is 2.05. The first-order valence-corrected chi connectivity index (χ1v) is 11.1. The van der Waals surface area contributed by atoms with E-state index >= 15 is 0 Å². The Morgan fingerprint density at radius 2 is 1.75 bits per heavy atom. The Kier molecular flexibility index (Phi) is 7.12. The van der Waals surface area contributed by atoms with Crippen molar-refractivity contribution < 1.29 is 8.42 Å². The lowest BCUT2D eigenvalue weighted by atomic mass is 10.1. The summed E-state index contributed by atoms with van der Waals surface area (Å²) in [5.74, 6) is 0.0313. The lowest BCUT2D eigenvalue weighted by molar-refractivity contribution is 0.232. The van der Waals surface area contributed by atoms with Crippen LogP contribution in [0.1, 0.15) is 19.3 Å². The maximum atomic E-state index is 12.4. The molecule has 28 heavy (non-hydrogen) atoms. The molecule has 0 bridgehead atoms. The number of aromatic nitrogens is 2. The molecule has 10 heteroatoms. The standard InChI is InChI=1S/C18H24N6O2S2/c25-28(26,23-17-19-9-4-10-20-17)16-7-5-15(6-8-16)22-18(27)21-11-14-24-12-2-1-3-13-24/h4-10H,1-3,11-14H2,(H,19,20,23)(H2,21,22,27). The average molecular weight is 421 g/mol. The molecule has 150 valence electrons. The number of likely N-dealkylation sites (tertiary alicyclic amines) is 1. The van der Waals surface area contributed by atoms with Crippen LogP contribution in [-0.2, 0) is 10.0 Å². The van der Waals surface area contributed by atoms with Gasteiger partial charge in [-0.1, -0.05) is 6.42 Å². The van der Waals surface area contributed by atoms with E-state index in [1.165, 1.54) is 43.8 Å². The Bertz CT molecular complexity index is 869. The van der Waals surface area contributed by atoms with Crippen LogP contribution in [0, 0.1) is 0 Å². The molecule has 1 saturated heterocycles. The second kappa shape index (κ2) is 9.76. The van der Waals surface area contributed by atoms with E-state index in [0.717, 1.165) is 26.2 Å². The minimum absolute atomic E-state index is 0.0313.